The Morgan fingerprint density at radius 2 is 1.96 bits per heavy atom. The van der Waals surface area contributed by atoms with E-state index in [1.54, 1.807) is 18.2 Å². The lowest BCUT2D eigenvalue weighted by atomic mass is 10.1. The molecule has 6 nitrogen and oxygen atoms in total. The largest absolute Gasteiger partial charge is 0.329 e. The van der Waals surface area contributed by atoms with Gasteiger partial charge in [-0.2, -0.15) is 0 Å². The highest BCUT2D eigenvalue weighted by Gasteiger charge is 2.29. The molecule has 0 aliphatic carbocycles. The lowest BCUT2D eigenvalue weighted by Gasteiger charge is -2.36. The maximum Gasteiger partial charge on any atom is 0.255 e. The molecular weight excluding hydrogens is 380 g/mol. The number of pyridine rings is 1. The highest BCUT2D eigenvalue weighted by Crippen LogP contribution is 2.27. The number of nitrogens with one attached hydrogen (secondary N) is 2. The smallest absolute Gasteiger partial charge is 0.255 e. The third-order valence-corrected chi connectivity index (χ3v) is 4.79. The molecule has 0 atom stereocenters. The van der Waals surface area contributed by atoms with Crippen molar-refractivity contribution in [2.75, 3.05) is 19.6 Å². The molecule has 3 rings (SSSR count). The topological polar surface area (TPSA) is 84.1 Å². The number of amides is 1. The van der Waals surface area contributed by atoms with Crippen molar-refractivity contribution in [2.24, 2.45) is 0 Å². The van der Waals surface area contributed by atoms with E-state index >= 15 is 0 Å². The molecular formula is C17H14Cl2FN5O. The number of halogens is 3. The zero-order valence-corrected chi connectivity index (χ0v) is 15.0. The molecule has 1 saturated heterocycles. The Balaban J connectivity index is 1.73. The highest BCUT2D eigenvalue weighted by atomic mass is 35.5. The molecule has 1 aromatic carbocycles. The number of aromatic nitrogens is 1. The fraction of sp³-hybridized carbons (Fsp3) is 0.176. The van der Waals surface area contributed by atoms with Crippen LogP contribution in [0.1, 0.15) is 16.1 Å². The Bertz CT molecular complexity index is 887. The van der Waals surface area contributed by atoms with Crippen LogP contribution >= 0.6 is 23.2 Å². The first-order valence-electron chi connectivity index (χ1n) is 7.67. The maximum absolute atomic E-state index is 13.0. The van der Waals surface area contributed by atoms with Crippen molar-refractivity contribution < 1.29 is 9.18 Å². The van der Waals surface area contributed by atoms with Crippen molar-refractivity contribution >= 4 is 40.8 Å². The van der Waals surface area contributed by atoms with E-state index in [1.165, 1.54) is 21.9 Å². The minimum atomic E-state index is -0.495. The third kappa shape index (κ3) is 3.54. The summed E-state index contributed by atoms with van der Waals surface area (Å²) in [5.41, 5.74) is 0.532. The fourth-order valence-electron chi connectivity index (χ4n) is 2.61. The van der Waals surface area contributed by atoms with Gasteiger partial charge in [0.25, 0.3) is 5.91 Å². The van der Waals surface area contributed by atoms with E-state index in [1.807, 2.05) is 0 Å². The molecule has 0 radical (unpaired) electrons. The summed E-state index contributed by atoms with van der Waals surface area (Å²) in [4.78, 5) is 19.4. The Morgan fingerprint density at radius 1 is 1.19 bits per heavy atom. The van der Waals surface area contributed by atoms with Crippen LogP contribution in [0.2, 0.25) is 10.0 Å². The van der Waals surface area contributed by atoms with Crippen LogP contribution in [0.15, 0.2) is 36.5 Å². The van der Waals surface area contributed by atoms with Crippen LogP contribution in [0.3, 0.4) is 0 Å². The molecule has 2 aromatic rings. The van der Waals surface area contributed by atoms with Gasteiger partial charge in [0.05, 0.1) is 28.4 Å². The number of hydrogen-bond acceptors (Lipinski definition) is 4. The predicted octanol–water partition coefficient (Wildman–Crippen LogP) is 3.29. The number of rotatable bonds is 2. The van der Waals surface area contributed by atoms with Gasteiger partial charge >= 0.3 is 0 Å². The van der Waals surface area contributed by atoms with E-state index < -0.39 is 5.82 Å². The zero-order chi connectivity index (χ0) is 18.8. The molecule has 0 saturated carbocycles. The van der Waals surface area contributed by atoms with Crippen molar-refractivity contribution in [1.82, 2.24) is 14.8 Å². The summed E-state index contributed by atoms with van der Waals surface area (Å²) in [6.07, 6.45) is 1.02. The number of amidine groups is 2. The first kappa shape index (κ1) is 18.3. The summed E-state index contributed by atoms with van der Waals surface area (Å²) in [5.74, 6) is -0.763. The average Bonchev–Trinajstić information content (AvgIpc) is 2.63. The molecule has 2 heterocycles. The molecule has 1 aromatic heterocycles. The van der Waals surface area contributed by atoms with E-state index in [-0.39, 0.29) is 52.0 Å². The average molecular weight is 394 g/mol. The van der Waals surface area contributed by atoms with Crippen LogP contribution in [0.25, 0.3) is 0 Å². The van der Waals surface area contributed by atoms with Crippen molar-refractivity contribution in [1.29, 1.82) is 10.8 Å². The molecule has 1 fully saturated rings. The van der Waals surface area contributed by atoms with Crippen LogP contribution < -0.4 is 0 Å². The maximum atomic E-state index is 13.0. The molecule has 26 heavy (non-hydrogen) atoms. The Morgan fingerprint density at radius 3 is 2.62 bits per heavy atom. The van der Waals surface area contributed by atoms with E-state index in [0.717, 1.165) is 6.20 Å². The second-order valence-electron chi connectivity index (χ2n) is 5.64. The van der Waals surface area contributed by atoms with Crippen LogP contribution in [0, 0.1) is 16.6 Å². The molecule has 2 N–H and O–H groups in total. The number of piperazine rings is 1. The molecule has 0 unspecified atom stereocenters. The number of carbonyl (C=O) groups is 1. The van der Waals surface area contributed by atoms with Gasteiger partial charge in [-0.15, -0.1) is 0 Å². The normalized spacial score (nSPS) is 14.5. The van der Waals surface area contributed by atoms with Gasteiger partial charge in [0.1, 0.15) is 17.3 Å². The van der Waals surface area contributed by atoms with Gasteiger partial charge in [0.15, 0.2) is 5.84 Å². The van der Waals surface area contributed by atoms with E-state index in [0.29, 0.717) is 6.54 Å². The molecule has 1 amide bonds. The minimum Gasteiger partial charge on any atom is -0.329 e. The second kappa shape index (κ2) is 7.39. The Labute approximate surface area is 159 Å². The van der Waals surface area contributed by atoms with Crippen LogP contribution in [0.5, 0.6) is 0 Å². The number of carbonyl (C=O) groups excluding carboxylic acids is 1. The lowest BCUT2D eigenvalue weighted by molar-refractivity contribution is 0.0757. The monoisotopic (exact) mass is 393 g/mol. The summed E-state index contributed by atoms with van der Waals surface area (Å²) in [7, 11) is 0. The fourth-order valence-corrected chi connectivity index (χ4v) is 3.00. The standard InChI is InChI=1S/C17H14Cl2FN5O/c18-12-3-1-2-11(15(12)19)17(26)24-6-7-25(14(21)9-24)16(22)13-5-4-10(20)8-23-13/h1-5,8,21-22H,6-7,9H2. The molecule has 0 spiro atoms. The quantitative estimate of drug-likeness (QED) is 0.606. The van der Waals surface area contributed by atoms with E-state index in [9.17, 15) is 9.18 Å². The first-order valence-corrected chi connectivity index (χ1v) is 8.43. The van der Waals surface area contributed by atoms with Gasteiger partial charge in [-0.05, 0) is 24.3 Å². The van der Waals surface area contributed by atoms with Crippen LogP contribution in [-0.2, 0) is 0 Å². The minimum absolute atomic E-state index is 0.0112. The van der Waals surface area contributed by atoms with Gasteiger partial charge in [-0.3, -0.25) is 15.6 Å². The predicted molar refractivity (Wildman–Crippen MR) is 97.8 cm³/mol. The number of benzene rings is 1. The Kier molecular flexibility index (Phi) is 5.20. The van der Waals surface area contributed by atoms with Gasteiger partial charge in [0, 0.05) is 13.1 Å². The summed E-state index contributed by atoms with van der Waals surface area (Å²) >= 11 is 12.1. The summed E-state index contributed by atoms with van der Waals surface area (Å²) in [6.45, 7) is 0.569. The van der Waals surface area contributed by atoms with E-state index in [2.05, 4.69) is 4.98 Å². The number of nitrogens with zero attached hydrogens (tertiary/aromatic N) is 3. The molecule has 1 aliphatic rings. The zero-order valence-electron chi connectivity index (χ0n) is 13.5. The molecule has 134 valence electrons. The molecule has 1 aliphatic heterocycles. The van der Waals surface area contributed by atoms with Crippen molar-refractivity contribution in [3.63, 3.8) is 0 Å². The van der Waals surface area contributed by atoms with Crippen LogP contribution in [0.4, 0.5) is 4.39 Å². The summed E-state index contributed by atoms with van der Waals surface area (Å²) in [5, 5.41) is 16.8. The summed E-state index contributed by atoms with van der Waals surface area (Å²) < 4.78 is 13.0. The molecule has 9 heteroatoms. The van der Waals surface area contributed by atoms with E-state index in [4.69, 9.17) is 34.0 Å². The lowest BCUT2D eigenvalue weighted by Crippen LogP contribution is -2.54. The van der Waals surface area contributed by atoms with Crippen molar-refractivity contribution in [3.8, 4) is 0 Å². The SMILES string of the molecule is N=C1CN(C(=O)c2cccc(Cl)c2Cl)CCN1C(=N)c1ccc(F)cn1. The van der Waals surface area contributed by atoms with Gasteiger partial charge < -0.3 is 9.80 Å². The van der Waals surface area contributed by atoms with Gasteiger partial charge in [-0.25, -0.2) is 9.37 Å². The van der Waals surface area contributed by atoms with Crippen molar-refractivity contribution in [2.45, 2.75) is 0 Å². The number of hydrogen-bond donors (Lipinski definition) is 2. The van der Waals surface area contributed by atoms with Crippen LogP contribution in [-0.4, -0.2) is 52.0 Å². The van der Waals surface area contributed by atoms with Gasteiger partial charge in [0.2, 0.25) is 0 Å². The Hall–Kier alpha value is -2.51. The second-order valence-corrected chi connectivity index (χ2v) is 6.42. The summed E-state index contributed by atoms with van der Waals surface area (Å²) in [6, 6.07) is 7.41. The highest BCUT2D eigenvalue weighted by molar-refractivity contribution is 6.43. The first-order chi connectivity index (χ1) is 12.4. The van der Waals surface area contributed by atoms with Crippen molar-refractivity contribution in [3.05, 3.63) is 63.6 Å². The van der Waals surface area contributed by atoms with Gasteiger partial charge in [-0.1, -0.05) is 29.3 Å². The third-order valence-electron chi connectivity index (χ3n) is 3.97. The molecule has 0 bridgehead atoms.